The van der Waals surface area contributed by atoms with E-state index in [0.717, 1.165) is 33.4 Å². The van der Waals surface area contributed by atoms with Crippen molar-refractivity contribution in [2.75, 3.05) is 7.11 Å². The van der Waals surface area contributed by atoms with Crippen molar-refractivity contribution in [1.29, 1.82) is 0 Å². The largest absolute Gasteiger partial charge is 0.496 e. The summed E-state index contributed by atoms with van der Waals surface area (Å²) in [6.07, 6.45) is 3.71. The Bertz CT molecular complexity index is 1090. The van der Waals surface area contributed by atoms with Crippen LogP contribution in [-0.4, -0.2) is 21.6 Å². The molecule has 2 aromatic heterocycles. The number of hydrogen-bond donors (Lipinski definition) is 1. The predicted molar refractivity (Wildman–Crippen MR) is 112 cm³/mol. The van der Waals surface area contributed by atoms with Crippen molar-refractivity contribution in [3.8, 4) is 16.3 Å². The maximum Gasteiger partial charge on any atom is 0.130 e. The molecule has 148 valence electrons. The first-order valence-corrected chi connectivity index (χ1v) is 10.1. The third-order valence-electron chi connectivity index (χ3n) is 4.70. The van der Waals surface area contributed by atoms with E-state index in [-0.39, 0.29) is 11.9 Å². The number of nitrogens with zero attached hydrogens (tertiary/aromatic N) is 3. The number of nitrogens with one attached hydrogen (secondary N) is 1. The minimum Gasteiger partial charge on any atom is -0.496 e. The Morgan fingerprint density at radius 3 is 2.69 bits per heavy atom. The quantitative estimate of drug-likeness (QED) is 0.487. The van der Waals surface area contributed by atoms with E-state index in [9.17, 15) is 4.39 Å². The molecule has 4 rings (SSSR count). The summed E-state index contributed by atoms with van der Waals surface area (Å²) >= 11 is 1.55. The number of aromatic nitrogens is 3. The van der Waals surface area contributed by atoms with Crippen LogP contribution in [0.5, 0.6) is 5.75 Å². The van der Waals surface area contributed by atoms with Crippen molar-refractivity contribution < 1.29 is 9.13 Å². The number of benzene rings is 2. The van der Waals surface area contributed by atoms with E-state index in [1.807, 2.05) is 47.5 Å². The molecule has 0 aliphatic heterocycles. The van der Waals surface area contributed by atoms with E-state index < -0.39 is 0 Å². The SMILES string of the molecule is COc1ccccc1C(NCc1csc(-c2ccc(F)cc2)n1)c1nccn1C. The number of hydrogen-bond acceptors (Lipinski definition) is 5. The van der Waals surface area contributed by atoms with Crippen LogP contribution in [0.1, 0.15) is 23.1 Å². The summed E-state index contributed by atoms with van der Waals surface area (Å²) in [6, 6.07) is 14.2. The van der Waals surface area contributed by atoms with Gasteiger partial charge in [0.25, 0.3) is 0 Å². The smallest absolute Gasteiger partial charge is 0.130 e. The van der Waals surface area contributed by atoms with E-state index in [1.54, 1.807) is 36.8 Å². The van der Waals surface area contributed by atoms with Crippen LogP contribution in [0.3, 0.4) is 0 Å². The minimum atomic E-state index is -0.248. The molecule has 7 heteroatoms. The fourth-order valence-corrected chi connectivity index (χ4v) is 4.05. The van der Waals surface area contributed by atoms with Gasteiger partial charge in [-0.3, -0.25) is 5.32 Å². The molecule has 0 aliphatic rings. The summed E-state index contributed by atoms with van der Waals surface area (Å²) in [6.45, 7) is 0.563. The third-order valence-corrected chi connectivity index (χ3v) is 5.64. The standard InChI is InChI=1S/C22H21FN4OS/c1-27-12-11-24-21(27)20(18-5-3-4-6-19(18)28-2)25-13-17-14-29-22(26-17)15-7-9-16(23)10-8-15/h3-12,14,20,25H,13H2,1-2H3. The molecule has 1 N–H and O–H groups in total. The summed E-state index contributed by atoms with van der Waals surface area (Å²) < 4.78 is 20.7. The molecule has 5 nitrogen and oxygen atoms in total. The molecule has 0 aliphatic carbocycles. The lowest BCUT2D eigenvalue weighted by atomic mass is 10.0. The van der Waals surface area contributed by atoms with Crippen LogP contribution in [0.4, 0.5) is 4.39 Å². The Kier molecular flexibility index (Phi) is 5.69. The van der Waals surface area contributed by atoms with E-state index in [4.69, 9.17) is 9.72 Å². The molecule has 0 radical (unpaired) electrons. The van der Waals surface area contributed by atoms with E-state index in [0.29, 0.717) is 6.54 Å². The molecule has 0 bridgehead atoms. The molecule has 2 heterocycles. The van der Waals surface area contributed by atoms with Crippen molar-refractivity contribution >= 4 is 11.3 Å². The number of rotatable bonds is 7. The molecule has 0 saturated heterocycles. The highest BCUT2D eigenvalue weighted by atomic mass is 32.1. The third kappa shape index (κ3) is 4.21. The van der Waals surface area contributed by atoms with E-state index >= 15 is 0 Å². The molecule has 4 aromatic rings. The van der Waals surface area contributed by atoms with Gasteiger partial charge in [-0.25, -0.2) is 14.4 Å². The zero-order chi connectivity index (χ0) is 20.2. The zero-order valence-corrected chi connectivity index (χ0v) is 17.0. The molecule has 1 atom stereocenters. The molecular formula is C22H21FN4OS. The second-order valence-electron chi connectivity index (χ2n) is 6.60. The van der Waals surface area contributed by atoms with E-state index in [2.05, 4.69) is 10.3 Å². The van der Waals surface area contributed by atoms with Crippen molar-refractivity contribution in [2.45, 2.75) is 12.6 Å². The predicted octanol–water partition coefficient (Wildman–Crippen LogP) is 4.57. The number of imidazole rings is 1. The van der Waals surface area contributed by atoms with Gasteiger partial charge in [-0.1, -0.05) is 18.2 Å². The van der Waals surface area contributed by atoms with Gasteiger partial charge in [-0.05, 0) is 30.3 Å². The van der Waals surface area contributed by atoms with Crippen molar-refractivity contribution in [2.24, 2.45) is 7.05 Å². The maximum atomic E-state index is 13.2. The lowest BCUT2D eigenvalue weighted by Gasteiger charge is -2.21. The molecule has 29 heavy (non-hydrogen) atoms. The Morgan fingerprint density at radius 1 is 1.17 bits per heavy atom. The van der Waals surface area contributed by atoms with Gasteiger partial charge in [-0.2, -0.15) is 0 Å². The molecule has 0 amide bonds. The normalized spacial score (nSPS) is 12.1. The van der Waals surface area contributed by atoms with Crippen LogP contribution in [0.25, 0.3) is 10.6 Å². The number of para-hydroxylation sites is 1. The Morgan fingerprint density at radius 2 is 1.97 bits per heavy atom. The fourth-order valence-electron chi connectivity index (χ4n) is 3.22. The molecule has 2 aromatic carbocycles. The maximum absolute atomic E-state index is 13.2. The monoisotopic (exact) mass is 408 g/mol. The van der Waals surface area contributed by atoms with Gasteiger partial charge in [0.1, 0.15) is 22.4 Å². The molecule has 0 spiro atoms. The first kappa shape index (κ1) is 19.3. The molecule has 0 fully saturated rings. The van der Waals surface area contributed by atoms with Gasteiger partial charge in [-0.15, -0.1) is 11.3 Å². The van der Waals surface area contributed by atoms with E-state index in [1.165, 1.54) is 12.1 Å². The summed E-state index contributed by atoms with van der Waals surface area (Å²) in [5.74, 6) is 1.45. The average Bonchev–Trinajstić information content (AvgIpc) is 3.39. The highest BCUT2D eigenvalue weighted by Crippen LogP contribution is 2.30. The first-order chi connectivity index (χ1) is 14.2. The highest BCUT2D eigenvalue weighted by molar-refractivity contribution is 7.13. The van der Waals surface area contributed by atoms with Crippen molar-refractivity contribution in [3.05, 3.63) is 89.2 Å². The first-order valence-electron chi connectivity index (χ1n) is 9.19. The van der Waals surface area contributed by atoms with Crippen molar-refractivity contribution in [1.82, 2.24) is 19.9 Å². The van der Waals surface area contributed by atoms with Crippen LogP contribution in [0, 0.1) is 5.82 Å². The number of methoxy groups -OCH3 is 1. The van der Waals surface area contributed by atoms with Gasteiger partial charge < -0.3 is 9.30 Å². The molecular weight excluding hydrogens is 387 g/mol. The van der Waals surface area contributed by atoms with Crippen LogP contribution >= 0.6 is 11.3 Å². The lowest BCUT2D eigenvalue weighted by Crippen LogP contribution is -2.25. The fraction of sp³-hybridized carbons (Fsp3) is 0.182. The summed E-state index contributed by atoms with van der Waals surface area (Å²) in [4.78, 5) is 9.23. The highest BCUT2D eigenvalue weighted by Gasteiger charge is 2.21. The topological polar surface area (TPSA) is 52.0 Å². The van der Waals surface area contributed by atoms with Gasteiger partial charge >= 0.3 is 0 Å². The number of thiazole rings is 1. The Labute approximate surface area is 172 Å². The van der Waals surface area contributed by atoms with Crippen LogP contribution < -0.4 is 10.1 Å². The molecule has 1 unspecified atom stereocenters. The molecule has 0 saturated carbocycles. The van der Waals surface area contributed by atoms with Crippen molar-refractivity contribution in [3.63, 3.8) is 0 Å². The lowest BCUT2D eigenvalue weighted by molar-refractivity contribution is 0.401. The zero-order valence-electron chi connectivity index (χ0n) is 16.2. The van der Waals surface area contributed by atoms with Gasteiger partial charge in [0.2, 0.25) is 0 Å². The van der Waals surface area contributed by atoms with Crippen LogP contribution in [0.2, 0.25) is 0 Å². The summed E-state index contributed by atoms with van der Waals surface area (Å²) in [7, 11) is 3.64. The Hall–Kier alpha value is -3.03. The summed E-state index contributed by atoms with van der Waals surface area (Å²) in [5, 5.41) is 6.45. The number of halogens is 1. The second-order valence-corrected chi connectivity index (χ2v) is 7.46. The second kappa shape index (κ2) is 8.55. The van der Waals surface area contributed by atoms with Crippen LogP contribution in [0.15, 0.2) is 66.3 Å². The van der Waals surface area contributed by atoms with Crippen LogP contribution in [-0.2, 0) is 13.6 Å². The summed E-state index contributed by atoms with van der Waals surface area (Å²) in [5.41, 5.74) is 2.84. The van der Waals surface area contributed by atoms with Gasteiger partial charge in [0.15, 0.2) is 0 Å². The Balaban J connectivity index is 1.58. The number of ether oxygens (including phenoxy) is 1. The minimum absolute atomic E-state index is 0.151. The van der Waals surface area contributed by atoms with Gasteiger partial charge in [0.05, 0.1) is 18.8 Å². The number of aryl methyl sites for hydroxylation is 1. The average molecular weight is 409 g/mol. The van der Waals surface area contributed by atoms with Gasteiger partial charge in [0, 0.05) is 42.5 Å².